The maximum Gasteiger partial charge on any atom is 0.224 e. The van der Waals surface area contributed by atoms with Crippen LogP contribution in [0.2, 0.25) is 0 Å². The van der Waals surface area contributed by atoms with Gasteiger partial charge in [-0.1, -0.05) is 13.0 Å². The van der Waals surface area contributed by atoms with Gasteiger partial charge in [-0.15, -0.1) is 0 Å². The van der Waals surface area contributed by atoms with Crippen molar-refractivity contribution in [3.05, 3.63) is 76.9 Å². The molecule has 178 valence electrons. The summed E-state index contributed by atoms with van der Waals surface area (Å²) in [6, 6.07) is 14.6. The van der Waals surface area contributed by atoms with Gasteiger partial charge in [-0.3, -0.25) is 9.78 Å². The zero-order chi connectivity index (χ0) is 24.6. The minimum absolute atomic E-state index is 0.00317. The summed E-state index contributed by atoms with van der Waals surface area (Å²) in [6.07, 6.45) is 2.27. The largest absolute Gasteiger partial charge is 0.351 e. The fourth-order valence-corrected chi connectivity index (χ4v) is 5.37. The number of rotatable bonds is 6. The van der Waals surface area contributed by atoms with Gasteiger partial charge in [-0.25, -0.2) is 0 Å². The van der Waals surface area contributed by atoms with Crippen molar-refractivity contribution in [3.63, 3.8) is 0 Å². The molecule has 0 radical (unpaired) electrons. The average Bonchev–Trinajstić information content (AvgIpc) is 3.30. The molecule has 6 nitrogen and oxygen atoms in total. The van der Waals surface area contributed by atoms with E-state index >= 15 is 0 Å². The van der Waals surface area contributed by atoms with Crippen LogP contribution in [0.1, 0.15) is 73.5 Å². The number of anilines is 2. The molecule has 4 rings (SSSR count). The van der Waals surface area contributed by atoms with Gasteiger partial charge in [0, 0.05) is 41.4 Å². The van der Waals surface area contributed by atoms with Gasteiger partial charge in [-0.2, -0.15) is 0 Å². The molecular formula is C27H33N5OS. The number of nitrogens with one attached hydrogen (secondary N) is 2. The van der Waals surface area contributed by atoms with Gasteiger partial charge in [0.2, 0.25) is 5.91 Å². The molecule has 0 unspecified atom stereocenters. The van der Waals surface area contributed by atoms with E-state index in [1.54, 1.807) is 0 Å². The minimum Gasteiger partial charge on any atom is -0.351 e. The number of hydrogen-bond acceptors (Lipinski definition) is 3. The van der Waals surface area contributed by atoms with Crippen LogP contribution in [0.5, 0.6) is 0 Å². The zero-order valence-corrected chi connectivity index (χ0v) is 21.5. The molecule has 7 heteroatoms. The Kier molecular flexibility index (Phi) is 6.75. The molecule has 1 aliphatic heterocycles. The molecule has 3 aromatic rings. The summed E-state index contributed by atoms with van der Waals surface area (Å²) in [6.45, 7) is 12.6. The maximum absolute atomic E-state index is 11.9. The van der Waals surface area contributed by atoms with Crippen LogP contribution in [0.15, 0.2) is 48.7 Å². The molecule has 2 N–H and O–H groups in total. The van der Waals surface area contributed by atoms with Crippen molar-refractivity contribution < 1.29 is 4.79 Å². The molecule has 34 heavy (non-hydrogen) atoms. The Bertz CT molecular complexity index is 1220. The van der Waals surface area contributed by atoms with Crippen LogP contribution in [-0.2, 0) is 4.79 Å². The third-order valence-corrected chi connectivity index (χ3v) is 6.85. The van der Waals surface area contributed by atoms with Crippen LogP contribution in [0.3, 0.4) is 0 Å². The summed E-state index contributed by atoms with van der Waals surface area (Å²) in [5.74, 6) is 0.00317. The normalized spacial score (nSPS) is 17.9. The number of amides is 1. The second-order valence-electron chi connectivity index (χ2n) is 9.19. The fourth-order valence-electron chi connectivity index (χ4n) is 5.02. The molecule has 0 aliphatic carbocycles. The lowest BCUT2D eigenvalue weighted by atomic mass is 9.96. The van der Waals surface area contributed by atoms with E-state index in [9.17, 15) is 4.79 Å². The highest BCUT2D eigenvalue weighted by molar-refractivity contribution is 7.80. The Balaban J connectivity index is 1.83. The summed E-state index contributed by atoms with van der Waals surface area (Å²) >= 11 is 5.89. The summed E-state index contributed by atoms with van der Waals surface area (Å²) in [7, 11) is 0. The van der Waals surface area contributed by atoms with Crippen molar-refractivity contribution in [3.8, 4) is 0 Å². The highest BCUT2D eigenvalue weighted by Crippen LogP contribution is 2.44. The van der Waals surface area contributed by atoms with E-state index in [1.165, 1.54) is 17.0 Å². The Morgan fingerprint density at radius 2 is 1.94 bits per heavy atom. The number of aromatic nitrogens is 2. The first-order valence-corrected chi connectivity index (χ1v) is 12.2. The summed E-state index contributed by atoms with van der Waals surface area (Å²) < 4.78 is 2.37. The first-order valence-electron chi connectivity index (χ1n) is 11.8. The average molecular weight is 476 g/mol. The monoisotopic (exact) mass is 475 g/mol. The molecule has 1 fully saturated rings. The Labute approximate surface area is 207 Å². The summed E-state index contributed by atoms with van der Waals surface area (Å²) in [5.41, 5.74) is 7.46. The molecular weight excluding hydrogens is 442 g/mol. The van der Waals surface area contributed by atoms with Crippen LogP contribution < -0.4 is 15.5 Å². The van der Waals surface area contributed by atoms with Gasteiger partial charge >= 0.3 is 0 Å². The second kappa shape index (κ2) is 9.58. The van der Waals surface area contributed by atoms with E-state index in [1.807, 2.05) is 50.4 Å². The summed E-state index contributed by atoms with van der Waals surface area (Å²) in [5, 5.41) is 7.19. The van der Waals surface area contributed by atoms with Crippen LogP contribution >= 0.6 is 12.2 Å². The van der Waals surface area contributed by atoms with Gasteiger partial charge in [-0.05, 0) is 94.4 Å². The fraction of sp³-hybridized carbons (Fsp3) is 0.370. The molecule has 1 aliphatic rings. The number of carbonyl (C=O) groups is 1. The Morgan fingerprint density at radius 3 is 2.53 bits per heavy atom. The van der Waals surface area contributed by atoms with Crippen molar-refractivity contribution in [1.29, 1.82) is 0 Å². The zero-order valence-electron chi connectivity index (χ0n) is 20.7. The van der Waals surface area contributed by atoms with Crippen molar-refractivity contribution in [1.82, 2.24) is 14.9 Å². The third-order valence-electron chi connectivity index (χ3n) is 6.54. The summed E-state index contributed by atoms with van der Waals surface area (Å²) in [4.78, 5) is 18.8. The van der Waals surface area contributed by atoms with E-state index in [2.05, 4.69) is 64.9 Å². The lowest BCUT2D eigenvalue weighted by Crippen LogP contribution is -2.29. The van der Waals surface area contributed by atoms with E-state index < -0.39 is 0 Å². The smallest absolute Gasteiger partial charge is 0.224 e. The molecule has 0 saturated carbocycles. The highest BCUT2D eigenvalue weighted by atomic mass is 32.1. The van der Waals surface area contributed by atoms with Gasteiger partial charge in [0.25, 0.3) is 0 Å². The molecule has 0 bridgehead atoms. The van der Waals surface area contributed by atoms with Gasteiger partial charge in [0.1, 0.15) is 0 Å². The molecule has 2 atom stereocenters. The Hall–Kier alpha value is -3.19. The van der Waals surface area contributed by atoms with E-state index in [0.717, 1.165) is 22.6 Å². The van der Waals surface area contributed by atoms with Crippen molar-refractivity contribution in [2.45, 2.75) is 66.1 Å². The maximum atomic E-state index is 11.9. The van der Waals surface area contributed by atoms with Crippen LogP contribution in [-0.4, -0.2) is 20.6 Å². The number of pyridine rings is 1. The van der Waals surface area contributed by atoms with E-state index in [4.69, 9.17) is 12.2 Å². The number of benzene rings is 1. The quantitative estimate of drug-likeness (QED) is 0.434. The predicted molar refractivity (Wildman–Crippen MR) is 142 cm³/mol. The highest BCUT2D eigenvalue weighted by Gasteiger charge is 2.42. The molecule has 2 aromatic heterocycles. The molecule has 0 spiro atoms. The standard InChI is InChI=1S/C27H33N5OS/c1-7-24(33)29-22-12-11-20(14-17(22)4)32-26(21-15-18(5)31(16(2)3)19(21)6)25(30-27(32)34)23-10-8-9-13-28-23/h8-16,25-26H,7H2,1-6H3,(H,29,33)(H,30,34)/t25-,26+/m0/s1. The number of aryl methyl sites for hydroxylation is 2. The number of carbonyl (C=O) groups excluding carboxylic acids is 1. The van der Waals surface area contributed by atoms with E-state index in [0.29, 0.717) is 17.6 Å². The van der Waals surface area contributed by atoms with Crippen molar-refractivity contribution in [2.24, 2.45) is 0 Å². The second-order valence-corrected chi connectivity index (χ2v) is 9.57. The van der Waals surface area contributed by atoms with E-state index in [-0.39, 0.29) is 18.0 Å². The van der Waals surface area contributed by atoms with Gasteiger partial charge in [0.05, 0.1) is 17.8 Å². The van der Waals surface area contributed by atoms with Crippen molar-refractivity contribution in [2.75, 3.05) is 10.2 Å². The third kappa shape index (κ3) is 4.32. The van der Waals surface area contributed by atoms with Crippen LogP contribution in [0, 0.1) is 20.8 Å². The van der Waals surface area contributed by atoms with Gasteiger partial charge < -0.3 is 20.1 Å². The topological polar surface area (TPSA) is 62.2 Å². The molecule has 1 aromatic carbocycles. The molecule has 3 heterocycles. The number of thiocarbonyl (C=S) groups is 1. The predicted octanol–water partition coefficient (Wildman–Crippen LogP) is 5.91. The molecule has 1 amide bonds. The van der Waals surface area contributed by atoms with Crippen LogP contribution in [0.4, 0.5) is 11.4 Å². The van der Waals surface area contributed by atoms with Crippen molar-refractivity contribution >= 4 is 34.6 Å². The molecule has 1 saturated heterocycles. The lowest BCUT2D eigenvalue weighted by molar-refractivity contribution is -0.115. The lowest BCUT2D eigenvalue weighted by Gasteiger charge is -2.29. The Morgan fingerprint density at radius 1 is 1.18 bits per heavy atom. The first-order chi connectivity index (χ1) is 16.2. The van der Waals surface area contributed by atoms with Crippen LogP contribution in [0.25, 0.3) is 0 Å². The number of hydrogen-bond donors (Lipinski definition) is 2. The SMILES string of the molecule is CCC(=O)Nc1ccc(N2C(=S)N[C@@H](c3ccccn3)[C@H]2c2cc(C)n(C(C)C)c2C)cc1C. The number of nitrogens with zero attached hydrogens (tertiary/aromatic N) is 3. The first kappa shape index (κ1) is 24.0. The minimum atomic E-state index is -0.0883. The van der Waals surface area contributed by atoms with Gasteiger partial charge in [0.15, 0.2) is 5.11 Å².